The van der Waals surface area contributed by atoms with Gasteiger partial charge in [-0.15, -0.1) is 0 Å². The summed E-state index contributed by atoms with van der Waals surface area (Å²) in [4.78, 5) is 13.0. The van der Waals surface area contributed by atoms with Gasteiger partial charge in [-0.05, 0) is 58.8 Å². The van der Waals surface area contributed by atoms with E-state index in [1.54, 1.807) is 11.1 Å². The molecule has 67 heavy (non-hydrogen) atoms. The lowest BCUT2D eigenvalue weighted by Crippen LogP contribution is -2.42. The lowest BCUT2D eigenvalue weighted by atomic mass is 9.74. The van der Waals surface area contributed by atoms with Crippen LogP contribution in [-0.2, 0) is 4.79 Å². The lowest BCUT2D eigenvalue weighted by molar-refractivity contribution is -0.320. The van der Waals surface area contributed by atoms with Crippen molar-refractivity contribution in [1.82, 2.24) is 6.15 Å². The molecule has 0 saturated heterocycles. The van der Waals surface area contributed by atoms with Gasteiger partial charge in [-0.1, -0.05) is 340 Å². The molecule has 0 aromatic carbocycles. The van der Waals surface area contributed by atoms with Crippen LogP contribution in [0.3, 0.4) is 0 Å². The van der Waals surface area contributed by atoms with Crippen molar-refractivity contribution in [2.45, 2.75) is 388 Å². The van der Waals surface area contributed by atoms with E-state index >= 15 is 0 Å². The maximum absolute atomic E-state index is 13.0. The van der Waals surface area contributed by atoms with E-state index in [0.29, 0.717) is 0 Å². The number of carboxylic acid groups (broad SMARTS) is 1. The Balaban J connectivity index is 0. The number of allylic oxidation sites excluding steroid dienone is 2. The topological polar surface area (TPSA) is 76.6 Å². The molecule has 0 aliphatic heterocycles. The Morgan fingerprint density at radius 3 is 0.582 bits per heavy atom. The van der Waals surface area contributed by atoms with Crippen LogP contribution in [0.15, 0.2) is 11.1 Å². The maximum Gasteiger partial charge on any atom is 0.0476 e. The van der Waals surface area contributed by atoms with Crippen LogP contribution in [0.25, 0.3) is 0 Å². The zero-order chi connectivity index (χ0) is 48.1. The van der Waals surface area contributed by atoms with Gasteiger partial charge in [0.25, 0.3) is 0 Å². The first kappa shape index (κ1) is 68.2. The Morgan fingerprint density at radius 2 is 0.418 bits per heavy atom. The predicted molar refractivity (Wildman–Crippen MR) is 303 cm³/mol. The van der Waals surface area contributed by atoms with Crippen molar-refractivity contribution in [1.29, 1.82) is 0 Å². The van der Waals surface area contributed by atoms with Crippen molar-refractivity contribution < 1.29 is 9.90 Å². The van der Waals surface area contributed by atoms with E-state index in [1.165, 1.54) is 308 Å². The molecule has 0 radical (unpaired) electrons. The maximum atomic E-state index is 13.0. The molecule has 0 aromatic heterocycles. The highest BCUT2D eigenvalue weighted by Crippen LogP contribution is 2.37. The molecule has 4 N–H and O–H groups in total. The largest absolute Gasteiger partial charge is 0.550 e. The molecule has 3 nitrogen and oxygen atoms in total. The van der Waals surface area contributed by atoms with Crippen molar-refractivity contribution in [3.05, 3.63) is 11.1 Å². The van der Waals surface area contributed by atoms with Crippen LogP contribution in [-0.4, -0.2) is 5.97 Å². The smallest absolute Gasteiger partial charge is 0.0476 e. The third-order valence-electron chi connectivity index (χ3n) is 16.0. The number of aliphatic carboxylic acids is 1. The van der Waals surface area contributed by atoms with Crippen molar-refractivity contribution >= 4 is 5.97 Å². The van der Waals surface area contributed by atoms with E-state index in [4.69, 9.17) is 0 Å². The minimum Gasteiger partial charge on any atom is -0.550 e. The van der Waals surface area contributed by atoms with Gasteiger partial charge in [0.1, 0.15) is 0 Å². The summed E-state index contributed by atoms with van der Waals surface area (Å²) in [5, 5.41) is 13.0. The highest BCUT2D eigenvalue weighted by atomic mass is 16.4. The van der Waals surface area contributed by atoms with Gasteiger partial charge in [-0.3, -0.25) is 0 Å². The summed E-state index contributed by atoms with van der Waals surface area (Å²) in [6.07, 6.45) is 73.2. The van der Waals surface area contributed by atoms with Crippen LogP contribution in [0.2, 0.25) is 0 Å². The molecule has 3 heteroatoms. The van der Waals surface area contributed by atoms with E-state index < -0.39 is 11.4 Å². The van der Waals surface area contributed by atoms with Crippen LogP contribution >= 0.6 is 0 Å². The van der Waals surface area contributed by atoms with E-state index in [9.17, 15) is 9.90 Å². The third-order valence-corrected chi connectivity index (χ3v) is 16.0. The zero-order valence-corrected chi connectivity index (χ0v) is 47.7. The number of quaternary nitrogens is 1. The minimum atomic E-state index is -0.734. The summed E-state index contributed by atoms with van der Waals surface area (Å²) in [5.41, 5.74) is 2.62. The molecule has 402 valence electrons. The Kier molecular flexibility index (Phi) is 57.1. The molecule has 0 heterocycles. The Morgan fingerprint density at radius 1 is 0.269 bits per heavy atom. The van der Waals surface area contributed by atoms with Gasteiger partial charge >= 0.3 is 0 Å². The molecule has 0 aromatic rings. The van der Waals surface area contributed by atoms with Crippen molar-refractivity contribution in [3.63, 3.8) is 0 Å². The molecule has 0 amide bonds. The summed E-state index contributed by atoms with van der Waals surface area (Å²) >= 11 is 0. The first-order valence-electron chi connectivity index (χ1n) is 31.3. The predicted octanol–water partition coefficient (Wildman–Crippen LogP) is 23.0. The first-order valence-corrected chi connectivity index (χ1v) is 31.3. The Labute approximate surface area is 424 Å². The highest BCUT2D eigenvalue weighted by Gasteiger charge is 2.30. The van der Waals surface area contributed by atoms with E-state index in [1.807, 2.05) is 0 Å². The summed E-state index contributed by atoms with van der Waals surface area (Å²) in [5.74, 6) is -0.734. The molecule has 0 aliphatic rings. The average molecular weight is 945 g/mol. The van der Waals surface area contributed by atoms with Gasteiger partial charge in [0, 0.05) is 11.4 Å². The molecule has 0 unspecified atom stereocenters. The Hall–Kier alpha value is -0.830. The van der Waals surface area contributed by atoms with Gasteiger partial charge in [0.05, 0.1) is 0 Å². The minimum absolute atomic E-state index is 0. The fourth-order valence-corrected chi connectivity index (χ4v) is 10.9. The van der Waals surface area contributed by atoms with Gasteiger partial charge in [-0.25, -0.2) is 0 Å². The fourth-order valence-electron chi connectivity index (χ4n) is 10.9. The second-order valence-corrected chi connectivity index (χ2v) is 22.5. The number of carboxylic acids is 1. The van der Waals surface area contributed by atoms with Gasteiger partial charge in [0.2, 0.25) is 0 Å². The molecule has 0 saturated carbocycles. The number of hydrogen-bond acceptors (Lipinski definition) is 2. The normalized spacial score (nSPS) is 12.2. The summed E-state index contributed by atoms with van der Waals surface area (Å²) in [6, 6.07) is 0. The molecule has 0 aliphatic carbocycles. The molecule has 0 atom stereocenters. The molecule has 0 fully saturated rings. The van der Waals surface area contributed by atoms with Crippen molar-refractivity contribution in [2.75, 3.05) is 0 Å². The van der Waals surface area contributed by atoms with Crippen LogP contribution in [0, 0.1) is 5.41 Å². The molecule has 0 rings (SSSR count). The van der Waals surface area contributed by atoms with Crippen LogP contribution in [0.1, 0.15) is 388 Å². The van der Waals surface area contributed by atoms with Crippen molar-refractivity contribution in [2.24, 2.45) is 5.41 Å². The van der Waals surface area contributed by atoms with Crippen LogP contribution in [0.5, 0.6) is 0 Å². The summed E-state index contributed by atoms with van der Waals surface area (Å²) < 4.78 is 0. The monoisotopic (exact) mass is 944 g/mol. The number of carbonyl (C=O) groups is 1. The van der Waals surface area contributed by atoms with Gasteiger partial charge in [-0.2, -0.15) is 0 Å². The van der Waals surface area contributed by atoms with E-state index in [2.05, 4.69) is 34.6 Å². The zero-order valence-electron chi connectivity index (χ0n) is 47.7. The van der Waals surface area contributed by atoms with Crippen molar-refractivity contribution in [3.8, 4) is 0 Å². The van der Waals surface area contributed by atoms with E-state index in [-0.39, 0.29) is 6.15 Å². The molecule has 0 spiro atoms. The second-order valence-electron chi connectivity index (χ2n) is 22.5. The highest BCUT2D eigenvalue weighted by molar-refractivity contribution is 5.72. The third kappa shape index (κ3) is 48.6. The first-order chi connectivity index (χ1) is 32.4. The average Bonchev–Trinajstić information content (AvgIpc) is 3.31. The second kappa shape index (κ2) is 56.1. The Bertz CT molecular complexity index is 943. The number of carbonyl (C=O) groups excluding carboxylic acids is 1. The molecular weight excluding hydrogens is 815 g/mol. The summed E-state index contributed by atoms with van der Waals surface area (Å²) in [6.45, 7) is 11.6. The fraction of sp³-hybridized carbons (Fsp3) is 0.953. The standard InChI is InChI=1S/C64H126O2.H3N/c1-6-9-12-15-18-20-22-24-26-28-30-32-34-36-38-40-42-44-48-53-58-64(63(65)66,60-55-50-47-52-57-62(5)61(4)56-51-46-17-14-11-8-3)59-54-49-45-43-41-39-37-35-33-31-29-27-25-23-21-19-16-13-10-7-2;/h6-60H2,1-5H3,(H,65,66);1H3/b62-61-;. The van der Waals surface area contributed by atoms with Crippen LogP contribution < -0.4 is 11.3 Å². The lowest BCUT2D eigenvalue weighted by Gasteiger charge is -2.35. The number of hydrogen-bond donors (Lipinski definition) is 1. The quantitative estimate of drug-likeness (QED) is 0.0487. The number of rotatable bonds is 57. The number of unbranched alkanes of at least 4 members (excludes halogenated alkanes) is 46. The molecular formula is C64H129NO2. The summed E-state index contributed by atoms with van der Waals surface area (Å²) in [7, 11) is 0. The SMILES string of the molecule is CCCCCCCCCCCCCCCCCCCCCCC(CCCCCCCCCCCCCCCCCCCCCC)(CCCCCC/C(C)=C(/C)CCCCCCCC)C(=O)[O-].[NH4+]. The van der Waals surface area contributed by atoms with Crippen LogP contribution in [0.4, 0.5) is 0 Å². The van der Waals surface area contributed by atoms with E-state index in [0.717, 1.165) is 44.9 Å². The molecule has 0 bridgehead atoms. The van der Waals surface area contributed by atoms with Gasteiger partial charge in [0.15, 0.2) is 0 Å². The van der Waals surface area contributed by atoms with Gasteiger partial charge < -0.3 is 16.1 Å².